The highest BCUT2D eigenvalue weighted by atomic mass is 32.3. The van der Waals surface area contributed by atoms with E-state index in [4.69, 9.17) is 5.21 Å². The Balaban J connectivity index is 1.46. The van der Waals surface area contributed by atoms with Crippen LogP contribution in [0.3, 0.4) is 0 Å². The number of hydroxylamine groups is 1. The number of amides is 3. The van der Waals surface area contributed by atoms with Crippen molar-refractivity contribution < 1.29 is 49.6 Å². The van der Waals surface area contributed by atoms with Gasteiger partial charge >= 0.3 is 6.18 Å². The van der Waals surface area contributed by atoms with Crippen molar-refractivity contribution in [3.05, 3.63) is 71.4 Å². The molecule has 3 amide bonds. The fraction of sp³-hybridized carbons (Fsp3) is 0.217. The van der Waals surface area contributed by atoms with Crippen molar-refractivity contribution >= 4 is 48.9 Å². The van der Waals surface area contributed by atoms with E-state index in [0.717, 1.165) is 17.0 Å². The number of carbonyl (C=O) groups is 3. The molecule has 0 fully saturated rings. The van der Waals surface area contributed by atoms with Gasteiger partial charge in [0.05, 0.1) is 16.7 Å². The largest absolute Gasteiger partial charge is 0.417 e. The minimum absolute atomic E-state index is 0.0459. The van der Waals surface area contributed by atoms with Gasteiger partial charge in [0, 0.05) is 12.7 Å². The van der Waals surface area contributed by atoms with Crippen molar-refractivity contribution in [2.75, 3.05) is 6.54 Å². The van der Waals surface area contributed by atoms with Gasteiger partial charge in [-0.3, -0.25) is 24.5 Å². The number of nitrogens with zero attached hydrogens (tertiary/aromatic N) is 2. The number of fused-ring (bicyclic) bond motifs is 1. The second-order valence-corrected chi connectivity index (χ2v) is 13.7. The Morgan fingerprint density at radius 3 is 2.12 bits per heavy atom. The van der Waals surface area contributed by atoms with Gasteiger partial charge in [-0.2, -0.15) is 17.9 Å². The molecule has 3 heterocycles. The zero-order chi connectivity index (χ0) is 30.2. The number of carbonyl (C=O) groups excluding carboxylic acids is 3. The van der Waals surface area contributed by atoms with Crippen molar-refractivity contribution in [2.24, 2.45) is 0 Å². The van der Waals surface area contributed by atoms with Crippen molar-refractivity contribution in [3.8, 4) is 0 Å². The number of sulfone groups is 1. The van der Waals surface area contributed by atoms with Gasteiger partial charge in [-0.05, 0) is 49.2 Å². The zero-order valence-corrected chi connectivity index (χ0v) is 22.9. The van der Waals surface area contributed by atoms with Gasteiger partial charge in [-0.15, -0.1) is 11.3 Å². The van der Waals surface area contributed by atoms with Crippen LogP contribution in [0.2, 0.25) is 0 Å². The van der Waals surface area contributed by atoms with E-state index in [1.807, 2.05) is 4.72 Å². The number of thiophene rings is 1. The Morgan fingerprint density at radius 1 is 0.976 bits per heavy atom. The minimum Gasteiger partial charge on any atom is -0.289 e. The Bertz CT molecular complexity index is 1690. The highest BCUT2D eigenvalue weighted by molar-refractivity contribution is 7.95. The van der Waals surface area contributed by atoms with Crippen LogP contribution in [-0.4, -0.2) is 62.2 Å². The molecule has 18 heteroatoms. The van der Waals surface area contributed by atoms with Crippen LogP contribution < -0.4 is 10.2 Å². The van der Waals surface area contributed by atoms with Gasteiger partial charge in [0.1, 0.15) is 14.5 Å². The fourth-order valence-electron chi connectivity index (χ4n) is 3.86. The number of benzene rings is 1. The molecule has 0 bridgehead atoms. The number of sulfonamides is 1. The summed E-state index contributed by atoms with van der Waals surface area (Å²) in [4.78, 5) is 41.5. The van der Waals surface area contributed by atoms with E-state index in [2.05, 4.69) is 4.98 Å². The van der Waals surface area contributed by atoms with Gasteiger partial charge in [0.15, 0.2) is 5.03 Å². The van der Waals surface area contributed by atoms with Crippen molar-refractivity contribution in [2.45, 2.75) is 38.5 Å². The zero-order valence-electron chi connectivity index (χ0n) is 20.5. The number of pyridine rings is 1. The minimum atomic E-state index is -4.74. The number of rotatable bonds is 10. The molecule has 0 spiro atoms. The quantitative estimate of drug-likeness (QED) is 0.172. The van der Waals surface area contributed by atoms with E-state index < -0.39 is 68.8 Å². The molecule has 1 atom stereocenters. The summed E-state index contributed by atoms with van der Waals surface area (Å²) >= 11 is 0.258. The van der Waals surface area contributed by atoms with Crippen molar-refractivity contribution in [1.82, 2.24) is 20.1 Å². The standard InChI is InChI=1S/C23H19F3N4O8S3/c24-23(25,26)13-7-8-17(27-12-13)40(35,36)18-9-10-19(39-18)41(37,38)29-16(20(31)28-34)6-3-11-30-21(32)14-4-1-2-5-15(14)22(30)33/h1-2,4-5,7-10,12,16,29,34H,3,6,11H2,(H,28,31)/t16-/m1/s1. The Hall–Kier alpha value is -3.71. The maximum Gasteiger partial charge on any atom is 0.417 e. The molecule has 1 aromatic carbocycles. The average Bonchev–Trinajstić information content (AvgIpc) is 3.53. The van der Waals surface area contributed by atoms with E-state index in [-0.39, 0.29) is 41.9 Å². The van der Waals surface area contributed by atoms with Crippen LogP contribution >= 0.6 is 11.3 Å². The number of nitrogens with one attached hydrogen (secondary N) is 2. The van der Waals surface area contributed by atoms with Crippen LogP contribution in [0.1, 0.15) is 39.1 Å². The summed E-state index contributed by atoms with van der Waals surface area (Å²) in [5.41, 5.74) is 0.559. The molecular weight excluding hydrogens is 613 g/mol. The summed E-state index contributed by atoms with van der Waals surface area (Å²) in [5.74, 6) is -2.26. The second-order valence-electron chi connectivity index (χ2n) is 8.56. The van der Waals surface area contributed by atoms with Gasteiger partial charge in [-0.25, -0.2) is 27.3 Å². The first kappa shape index (κ1) is 30.3. The molecular formula is C23H19F3N4O8S3. The first-order chi connectivity index (χ1) is 19.2. The number of imide groups is 1. The summed E-state index contributed by atoms with van der Waals surface area (Å²) in [7, 11) is -9.05. The lowest BCUT2D eigenvalue weighted by atomic mass is 10.1. The van der Waals surface area contributed by atoms with Crippen LogP contribution in [0.4, 0.5) is 13.2 Å². The third kappa shape index (κ3) is 6.15. The predicted molar refractivity (Wildman–Crippen MR) is 134 cm³/mol. The molecule has 4 rings (SSSR count). The van der Waals surface area contributed by atoms with Gasteiger partial charge < -0.3 is 0 Å². The van der Waals surface area contributed by atoms with E-state index in [1.54, 1.807) is 12.1 Å². The van der Waals surface area contributed by atoms with Crippen LogP contribution in [0.25, 0.3) is 0 Å². The van der Waals surface area contributed by atoms with Crippen LogP contribution in [0, 0.1) is 0 Å². The molecule has 12 nitrogen and oxygen atoms in total. The van der Waals surface area contributed by atoms with Crippen LogP contribution in [0.15, 0.2) is 68.2 Å². The molecule has 0 saturated heterocycles. The molecule has 0 radical (unpaired) electrons. The molecule has 2 aromatic heterocycles. The lowest BCUT2D eigenvalue weighted by Crippen LogP contribution is -2.46. The normalized spacial score (nSPS) is 14.7. The van der Waals surface area contributed by atoms with Gasteiger partial charge in [0.2, 0.25) is 9.84 Å². The fourth-order valence-corrected chi connectivity index (χ4v) is 8.17. The summed E-state index contributed by atoms with van der Waals surface area (Å²) < 4.78 is 90.8. The van der Waals surface area contributed by atoms with E-state index in [9.17, 15) is 44.4 Å². The maximum absolute atomic E-state index is 13.0. The first-order valence-corrected chi connectivity index (χ1v) is 15.2. The lowest BCUT2D eigenvalue weighted by molar-refractivity contribution is -0.138. The smallest absolute Gasteiger partial charge is 0.289 e. The topological polar surface area (TPSA) is 180 Å². The third-order valence-corrected chi connectivity index (χ3v) is 11.1. The summed E-state index contributed by atoms with van der Waals surface area (Å²) in [6.45, 7) is -0.162. The molecule has 1 aliphatic rings. The highest BCUT2D eigenvalue weighted by Crippen LogP contribution is 2.32. The number of aromatic nitrogens is 1. The summed E-state index contributed by atoms with van der Waals surface area (Å²) in [6.07, 6.45) is -4.73. The molecule has 0 unspecified atom stereocenters. The molecule has 0 aliphatic carbocycles. The second kappa shape index (κ2) is 11.3. The van der Waals surface area contributed by atoms with Gasteiger partial charge in [0.25, 0.3) is 27.7 Å². The Labute approximate surface area is 234 Å². The maximum atomic E-state index is 13.0. The summed E-state index contributed by atoms with van der Waals surface area (Å²) in [5, 5.41) is 8.34. The highest BCUT2D eigenvalue weighted by Gasteiger charge is 2.36. The Kier molecular flexibility index (Phi) is 8.33. The SMILES string of the molecule is O=C(NO)[C@@H](CCCN1C(=O)c2ccccc2C1=O)NS(=O)(=O)c1ccc(S(=O)(=O)c2ccc(C(F)(F)F)cn2)s1. The third-order valence-electron chi connectivity index (χ3n) is 5.90. The van der Waals surface area contributed by atoms with Gasteiger partial charge in [-0.1, -0.05) is 12.1 Å². The number of alkyl halides is 3. The lowest BCUT2D eigenvalue weighted by Gasteiger charge is -2.18. The number of hydrogen-bond acceptors (Lipinski definition) is 10. The van der Waals surface area contributed by atoms with Crippen LogP contribution in [0.5, 0.6) is 0 Å². The van der Waals surface area contributed by atoms with Crippen molar-refractivity contribution in [1.29, 1.82) is 0 Å². The number of hydrogen-bond donors (Lipinski definition) is 3. The number of halogens is 3. The monoisotopic (exact) mass is 632 g/mol. The van der Waals surface area contributed by atoms with E-state index in [0.29, 0.717) is 18.3 Å². The molecule has 3 aromatic rings. The Morgan fingerprint density at radius 2 is 1.59 bits per heavy atom. The average molecular weight is 633 g/mol. The van der Waals surface area contributed by atoms with Crippen LogP contribution in [-0.2, 0) is 30.8 Å². The van der Waals surface area contributed by atoms with Crippen molar-refractivity contribution in [3.63, 3.8) is 0 Å². The molecule has 3 N–H and O–H groups in total. The molecule has 0 saturated carbocycles. The summed E-state index contributed by atoms with van der Waals surface area (Å²) in [6, 6.07) is 7.54. The van der Waals surface area contributed by atoms with E-state index in [1.165, 1.54) is 17.6 Å². The first-order valence-electron chi connectivity index (χ1n) is 11.5. The van der Waals surface area contributed by atoms with E-state index >= 15 is 0 Å². The molecule has 41 heavy (non-hydrogen) atoms. The molecule has 1 aliphatic heterocycles. The molecule has 218 valence electrons. The predicted octanol–water partition coefficient (Wildman–Crippen LogP) is 2.22.